The molecule has 7 heteroatoms. The van der Waals surface area contributed by atoms with Crippen LogP contribution in [-0.4, -0.2) is 43.0 Å². The molecule has 2 aromatic carbocycles. The second kappa shape index (κ2) is 8.39. The second-order valence-corrected chi connectivity index (χ2v) is 8.08. The molecular weight excluding hydrogens is 386 g/mol. The van der Waals surface area contributed by atoms with E-state index in [0.29, 0.717) is 13.1 Å². The fourth-order valence-electron chi connectivity index (χ4n) is 3.62. The predicted molar refractivity (Wildman–Crippen MR) is 116 cm³/mol. The summed E-state index contributed by atoms with van der Waals surface area (Å²) in [5.41, 5.74) is 5.46. The minimum atomic E-state index is -0.380. The minimum Gasteiger partial charge on any atom is -0.497 e. The topological polar surface area (TPSA) is 62.8 Å². The van der Waals surface area contributed by atoms with Crippen molar-refractivity contribution < 1.29 is 14.4 Å². The first-order valence-electron chi connectivity index (χ1n) is 9.62. The summed E-state index contributed by atoms with van der Waals surface area (Å²) in [7, 11) is 1.66. The molecule has 0 unspecified atom stereocenters. The Balaban J connectivity index is 1.37. The molecule has 1 fully saturated rings. The Bertz CT molecular complexity index is 906. The molecule has 0 saturated carbocycles. The third kappa shape index (κ3) is 4.36. The normalized spacial score (nSPS) is 17.6. The van der Waals surface area contributed by atoms with Crippen LogP contribution in [-0.2, 0) is 4.84 Å². The molecule has 2 heterocycles. The quantitative estimate of drug-likeness (QED) is 0.732. The Hall–Kier alpha value is -2.64. The standard InChI is InChI=1S/C22H25N3O3S/c1-27-18-5-3-4-16(14-18)20-15-22(28-24-20)10-12-25(13-11-22)21(26)23-17-6-8-19(29-2)9-7-17/h3-9,14-15,24H,10-13H2,1-2H3,(H,23,26). The number of ether oxygens (including phenoxy) is 1. The first-order chi connectivity index (χ1) is 14.1. The number of urea groups is 1. The van der Waals surface area contributed by atoms with Gasteiger partial charge in [-0.1, -0.05) is 12.1 Å². The Kier molecular flexibility index (Phi) is 5.69. The molecule has 2 aliphatic rings. The van der Waals surface area contributed by atoms with Crippen LogP contribution >= 0.6 is 11.8 Å². The number of benzene rings is 2. The van der Waals surface area contributed by atoms with Gasteiger partial charge in [0.05, 0.1) is 12.8 Å². The van der Waals surface area contributed by atoms with Crippen LogP contribution in [0.15, 0.2) is 59.5 Å². The molecule has 0 radical (unpaired) electrons. The van der Waals surface area contributed by atoms with E-state index in [4.69, 9.17) is 9.57 Å². The van der Waals surface area contributed by atoms with Gasteiger partial charge in [-0.15, -0.1) is 11.8 Å². The van der Waals surface area contributed by atoms with Gasteiger partial charge in [0.1, 0.15) is 11.4 Å². The summed E-state index contributed by atoms with van der Waals surface area (Å²) in [5.74, 6) is 0.809. The van der Waals surface area contributed by atoms with Gasteiger partial charge in [-0.25, -0.2) is 4.79 Å². The van der Waals surface area contributed by atoms with E-state index < -0.39 is 0 Å². The number of hydroxylamine groups is 1. The van der Waals surface area contributed by atoms with Crippen molar-refractivity contribution in [2.75, 3.05) is 31.8 Å². The van der Waals surface area contributed by atoms with Gasteiger partial charge in [0.25, 0.3) is 0 Å². The zero-order valence-corrected chi connectivity index (χ0v) is 17.4. The summed E-state index contributed by atoms with van der Waals surface area (Å²) >= 11 is 1.68. The van der Waals surface area contributed by atoms with Gasteiger partial charge in [0, 0.05) is 42.1 Å². The lowest BCUT2D eigenvalue weighted by Crippen LogP contribution is -2.48. The molecule has 2 aliphatic heterocycles. The largest absolute Gasteiger partial charge is 0.497 e. The van der Waals surface area contributed by atoms with Gasteiger partial charge in [-0.2, -0.15) is 0 Å². The van der Waals surface area contributed by atoms with Crippen LogP contribution in [0.3, 0.4) is 0 Å². The van der Waals surface area contributed by atoms with E-state index in [1.54, 1.807) is 18.9 Å². The van der Waals surface area contributed by atoms with Crippen molar-refractivity contribution >= 4 is 29.2 Å². The number of anilines is 1. The van der Waals surface area contributed by atoms with E-state index in [2.05, 4.69) is 16.9 Å². The fourth-order valence-corrected chi connectivity index (χ4v) is 4.03. The summed E-state index contributed by atoms with van der Waals surface area (Å²) in [5, 5.41) is 2.98. The number of hydrogen-bond acceptors (Lipinski definition) is 5. The maximum absolute atomic E-state index is 12.6. The van der Waals surface area contributed by atoms with Gasteiger partial charge in [0.15, 0.2) is 0 Å². The van der Waals surface area contributed by atoms with E-state index in [1.165, 1.54) is 4.90 Å². The molecule has 0 aromatic heterocycles. The molecule has 2 amide bonds. The number of carbonyl (C=O) groups is 1. The summed E-state index contributed by atoms with van der Waals surface area (Å²) in [4.78, 5) is 21.6. The summed E-state index contributed by atoms with van der Waals surface area (Å²) < 4.78 is 5.31. The van der Waals surface area contributed by atoms with E-state index in [-0.39, 0.29) is 11.6 Å². The molecule has 2 N–H and O–H groups in total. The smallest absolute Gasteiger partial charge is 0.321 e. The number of nitrogens with one attached hydrogen (secondary N) is 2. The molecule has 0 atom stereocenters. The highest BCUT2D eigenvalue weighted by molar-refractivity contribution is 7.98. The predicted octanol–water partition coefficient (Wildman–Crippen LogP) is 4.36. The number of rotatable bonds is 4. The van der Waals surface area contributed by atoms with Crippen molar-refractivity contribution in [2.45, 2.75) is 23.3 Å². The van der Waals surface area contributed by atoms with Crippen molar-refractivity contribution in [1.29, 1.82) is 0 Å². The first-order valence-corrected chi connectivity index (χ1v) is 10.8. The van der Waals surface area contributed by atoms with Crippen LogP contribution in [0.25, 0.3) is 5.70 Å². The fraction of sp³-hybridized carbons (Fsp3) is 0.318. The monoisotopic (exact) mass is 411 g/mol. The maximum atomic E-state index is 12.6. The van der Waals surface area contributed by atoms with Gasteiger partial charge >= 0.3 is 6.03 Å². The van der Waals surface area contributed by atoms with Crippen molar-refractivity contribution in [3.05, 3.63) is 60.2 Å². The number of likely N-dealkylation sites (tertiary alicyclic amines) is 1. The average Bonchev–Trinajstić information content (AvgIpc) is 3.18. The van der Waals surface area contributed by atoms with Gasteiger partial charge in [-0.05, 0) is 48.7 Å². The third-order valence-corrected chi connectivity index (χ3v) is 6.13. The van der Waals surface area contributed by atoms with Crippen molar-refractivity contribution in [2.24, 2.45) is 0 Å². The molecule has 1 saturated heterocycles. The number of piperidine rings is 1. The van der Waals surface area contributed by atoms with Gasteiger partial charge in [0.2, 0.25) is 0 Å². The summed E-state index contributed by atoms with van der Waals surface area (Å²) in [6.45, 7) is 1.27. The number of hydrogen-bond donors (Lipinski definition) is 2. The number of carbonyl (C=O) groups excluding carboxylic acids is 1. The lowest BCUT2D eigenvalue weighted by molar-refractivity contribution is -0.0634. The number of methoxy groups -OCH3 is 1. The highest BCUT2D eigenvalue weighted by atomic mass is 32.2. The molecular formula is C22H25N3O3S. The van der Waals surface area contributed by atoms with E-state index in [9.17, 15) is 4.79 Å². The minimum absolute atomic E-state index is 0.0697. The Labute approximate surface area is 175 Å². The molecule has 0 bridgehead atoms. The lowest BCUT2D eigenvalue weighted by Gasteiger charge is -2.36. The molecule has 152 valence electrons. The van der Waals surface area contributed by atoms with Crippen molar-refractivity contribution in [1.82, 2.24) is 10.4 Å². The highest BCUT2D eigenvalue weighted by Gasteiger charge is 2.39. The van der Waals surface area contributed by atoms with Crippen LogP contribution in [0.1, 0.15) is 18.4 Å². The van der Waals surface area contributed by atoms with Crippen molar-refractivity contribution in [3.8, 4) is 5.75 Å². The lowest BCUT2D eigenvalue weighted by atomic mass is 9.90. The molecule has 4 rings (SSSR count). The molecule has 6 nitrogen and oxygen atoms in total. The zero-order valence-electron chi connectivity index (χ0n) is 16.6. The number of thioether (sulfide) groups is 1. The van der Waals surface area contributed by atoms with Crippen LogP contribution in [0.4, 0.5) is 10.5 Å². The van der Waals surface area contributed by atoms with E-state index in [1.807, 2.05) is 59.7 Å². The van der Waals surface area contributed by atoms with Crippen LogP contribution < -0.4 is 15.5 Å². The molecule has 29 heavy (non-hydrogen) atoms. The van der Waals surface area contributed by atoms with Crippen LogP contribution in [0.5, 0.6) is 5.75 Å². The third-order valence-electron chi connectivity index (χ3n) is 5.39. The van der Waals surface area contributed by atoms with Gasteiger partial charge < -0.3 is 15.0 Å². The Morgan fingerprint density at radius 2 is 1.97 bits per heavy atom. The maximum Gasteiger partial charge on any atom is 0.321 e. The van der Waals surface area contributed by atoms with Crippen LogP contribution in [0, 0.1) is 0 Å². The van der Waals surface area contributed by atoms with Crippen molar-refractivity contribution in [3.63, 3.8) is 0 Å². The molecule has 1 spiro atoms. The molecule has 0 aliphatic carbocycles. The second-order valence-electron chi connectivity index (χ2n) is 7.20. The van der Waals surface area contributed by atoms with E-state index >= 15 is 0 Å². The van der Waals surface area contributed by atoms with Gasteiger partial charge in [-0.3, -0.25) is 10.3 Å². The average molecular weight is 412 g/mol. The van der Waals surface area contributed by atoms with E-state index in [0.717, 1.165) is 35.5 Å². The Morgan fingerprint density at radius 1 is 1.21 bits per heavy atom. The highest BCUT2D eigenvalue weighted by Crippen LogP contribution is 2.35. The number of nitrogens with zero attached hydrogens (tertiary/aromatic N) is 1. The number of amides is 2. The zero-order chi connectivity index (χ0) is 20.3. The Morgan fingerprint density at radius 3 is 2.66 bits per heavy atom. The first kappa shape index (κ1) is 19.7. The summed E-state index contributed by atoms with van der Waals surface area (Å²) in [6, 6.07) is 15.7. The van der Waals surface area contributed by atoms with Crippen LogP contribution in [0.2, 0.25) is 0 Å². The molecule has 2 aromatic rings. The SMILES string of the molecule is COc1cccc(C2=CC3(CCN(C(=O)Nc4ccc(SC)cc4)CC3)ON2)c1. The summed E-state index contributed by atoms with van der Waals surface area (Å²) in [6.07, 6.45) is 5.65.